The monoisotopic (exact) mass is 247 g/mol. The van der Waals surface area contributed by atoms with Gasteiger partial charge in [0, 0.05) is 37.4 Å². The molecule has 0 aromatic carbocycles. The third-order valence-corrected chi connectivity index (χ3v) is 2.71. The van der Waals surface area contributed by atoms with Gasteiger partial charge < -0.3 is 10.2 Å². The van der Waals surface area contributed by atoms with Crippen molar-refractivity contribution in [3.8, 4) is 0 Å². The Balaban J connectivity index is 2.88. The van der Waals surface area contributed by atoms with Gasteiger partial charge >= 0.3 is 0 Å². The quantitative estimate of drug-likeness (QED) is 0.751. The number of rotatable bonds is 7. The van der Waals surface area contributed by atoms with Crippen molar-refractivity contribution >= 4 is 5.82 Å². The minimum Gasteiger partial charge on any atom is -0.353 e. The number of hydrogen-bond donors (Lipinski definition) is 1. The van der Waals surface area contributed by atoms with Gasteiger partial charge in [-0.2, -0.15) is 0 Å². The zero-order valence-corrected chi connectivity index (χ0v) is 12.0. The average Bonchev–Trinajstić information content (AvgIpc) is 2.33. The fourth-order valence-electron chi connectivity index (χ4n) is 1.83. The molecule has 3 nitrogen and oxygen atoms in total. The van der Waals surface area contributed by atoms with E-state index in [9.17, 15) is 0 Å². The molecule has 1 aromatic rings. The smallest absolute Gasteiger partial charge is 0.133 e. The Bertz CT molecular complexity index is 385. The van der Waals surface area contributed by atoms with Crippen LogP contribution in [-0.2, 0) is 6.54 Å². The molecular weight excluding hydrogens is 222 g/mol. The highest BCUT2D eigenvalue weighted by atomic mass is 15.2. The Hall–Kier alpha value is -1.35. The lowest BCUT2D eigenvalue weighted by molar-refractivity contribution is 0.587. The maximum absolute atomic E-state index is 4.53. The van der Waals surface area contributed by atoms with Crippen LogP contribution in [0.25, 0.3) is 0 Å². The van der Waals surface area contributed by atoms with Gasteiger partial charge in [0.05, 0.1) is 0 Å². The normalized spacial score (nSPS) is 10.7. The standard InChI is InChI=1S/C15H25N3/c1-6-18(11-12(2)3)15-14(8-7-9-16-15)10-17-13(4)5/h7-9,13,17H,2,6,10-11H2,1,3-5H3. The number of hydrogen-bond acceptors (Lipinski definition) is 3. The number of nitrogens with one attached hydrogen (secondary N) is 1. The Morgan fingerprint density at radius 1 is 1.50 bits per heavy atom. The van der Waals surface area contributed by atoms with Gasteiger partial charge in [0.15, 0.2) is 0 Å². The van der Waals surface area contributed by atoms with Gasteiger partial charge in [-0.1, -0.05) is 32.1 Å². The summed E-state index contributed by atoms with van der Waals surface area (Å²) in [4.78, 5) is 6.79. The maximum Gasteiger partial charge on any atom is 0.133 e. The number of pyridine rings is 1. The molecule has 1 heterocycles. The van der Waals surface area contributed by atoms with Crippen LogP contribution in [0.1, 0.15) is 33.3 Å². The van der Waals surface area contributed by atoms with Crippen molar-refractivity contribution in [2.75, 3.05) is 18.0 Å². The van der Waals surface area contributed by atoms with Crippen LogP contribution in [-0.4, -0.2) is 24.1 Å². The molecule has 0 aliphatic carbocycles. The Labute approximate surface area is 111 Å². The Kier molecular flexibility index (Phi) is 5.86. The maximum atomic E-state index is 4.53. The Morgan fingerprint density at radius 2 is 2.22 bits per heavy atom. The SMILES string of the molecule is C=C(C)CN(CC)c1ncccc1CNC(C)C. The van der Waals surface area contributed by atoms with E-state index in [1.54, 1.807) is 0 Å². The van der Waals surface area contributed by atoms with E-state index >= 15 is 0 Å². The molecule has 1 rings (SSSR count). The molecule has 1 aromatic heterocycles. The fraction of sp³-hybridized carbons (Fsp3) is 0.533. The minimum absolute atomic E-state index is 0.481. The summed E-state index contributed by atoms with van der Waals surface area (Å²) in [7, 11) is 0. The van der Waals surface area contributed by atoms with Crippen LogP contribution in [0, 0.1) is 0 Å². The van der Waals surface area contributed by atoms with Crippen molar-refractivity contribution in [3.05, 3.63) is 36.0 Å². The van der Waals surface area contributed by atoms with Gasteiger partial charge in [-0.3, -0.25) is 0 Å². The summed E-state index contributed by atoms with van der Waals surface area (Å²) < 4.78 is 0. The lowest BCUT2D eigenvalue weighted by Crippen LogP contribution is -2.29. The second-order valence-electron chi connectivity index (χ2n) is 4.99. The molecule has 18 heavy (non-hydrogen) atoms. The van der Waals surface area contributed by atoms with Crippen molar-refractivity contribution in [1.29, 1.82) is 0 Å². The molecule has 0 saturated carbocycles. The highest BCUT2D eigenvalue weighted by Gasteiger charge is 2.11. The van der Waals surface area contributed by atoms with Gasteiger partial charge in [-0.15, -0.1) is 0 Å². The molecule has 100 valence electrons. The molecule has 0 aliphatic rings. The lowest BCUT2D eigenvalue weighted by Gasteiger charge is -2.25. The van der Waals surface area contributed by atoms with Crippen molar-refractivity contribution in [1.82, 2.24) is 10.3 Å². The molecule has 0 amide bonds. The molecule has 0 atom stereocenters. The highest BCUT2D eigenvalue weighted by molar-refractivity contribution is 5.47. The molecule has 1 N–H and O–H groups in total. The minimum atomic E-state index is 0.481. The van der Waals surface area contributed by atoms with Crippen LogP contribution >= 0.6 is 0 Å². The summed E-state index contributed by atoms with van der Waals surface area (Å²) in [6.45, 7) is 15.2. The molecule has 3 heteroatoms. The van der Waals surface area contributed by atoms with Gasteiger partial charge in [0.2, 0.25) is 0 Å². The van der Waals surface area contributed by atoms with Gasteiger partial charge in [-0.25, -0.2) is 4.98 Å². The molecule has 0 fully saturated rings. The Morgan fingerprint density at radius 3 is 2.78 bits per heavy atom. The largest absolute Gasteiger partial charge is 0.353 e. The van der Waals surface area contributed by atoms with Crippen molar-refractivity contribution in [3.63, 3.8) is 0 Å². The van der Waals surface area contributed by atoms with E-state index in [1.807, 2.05) is 12.3 Å². The van der Waals surface area contributed by atoms with E-state index in [4.69, 9.17) is 0 Å². The van der Waals surface area contributed by atoms with Crippen LogP contribution in [0.4, 0.5) is 5.82 Å². The fourth-order valence-corrected chi connectivity index (χ4v) is 1.83. The summed E-state index contributed by atoms with van der Waals surface area (Å²) >= 11 is 0. The zero-order chi connectivity index (χ0) is 13.5. The van der Waals surface area contributed by atoms with Gasteiger partial charge in [0.25, 0.3) is 0 Å². The number of anilines is 1. The second kappa shape index (κ2) is 7.17. The second-order valence-corrected chi connectivity index (χ2v) is 4.99. The first-order chi connectivity index (χ1) is 8.54. The number of aromatic nitrogens is 1. The van der Waals surface area contributed by atoms with E-state index in [1.165, 1.54) is 5.56 Å². The molecular formula is C15H25N3. The van der Waals surface area contributed by atoms with E-state index in [2.05, 4.69) is 55.5 Å². The summed E-state index contributed by atoms with van der Waals surface area (Å²) in [5.41, 5.74) is 2.40. The summed E-state index contributed by atoms with van der Waals surface area (Å²) in [6, 6.07) is 4.61. The van der Waals surface area contributed by atoms with E-state index in [0.29, 0.717) is 6.04 Å². The summed E-state index contributed by atoms with van der Waals surface area (Å²) in [5, 5.41) is 3.45. The predicted molar refractivity (Wildman–Crippen MR) is 78.9 cm³/mol. The summed E-state index contributed by atoms with van der Waals surface area (Å²) in [5.74, 6) is 1.07. The molecule has 0 unspecified atom stereocenters. The first-order valence-electron chi connectivity index (χ1n) is 6.61. The van der Waals surface area contributed by atoms with Crippen LogP contribution in [0.15, 0.2) is 30.5 Å². The zero-order valence-electron chi connectivity index (χ0n) is 12.0. The molecule has 0 bridgehead atoms. The first-order valence-corrected chi connectivity index (χ1v) is 6.61. The van der Waals surface area contributed by atoms with Crippen LogP contribution in [0.5, 0.6) is 0 Å². The van der Waals surface area contributed by atoms with Crippen molar-refractivity contribution in [2.24, 2.45) is 0 Å². The van der Waals surface area contributed by atoms with Gasteiger partial charge in [-0.05, 0) is 19.9 Å². The van der Waals surface area contributed by atoms with Crippen molar-refractivity contribution in [2.45, 2.75) is 40.3 Å². The van der Waals surface area contributed by atoms with E-state index in [0.717, 1.165) is 31.0 Å². The molecule has 0 saturated heterocycles. The molecule has 0 radical (unpaired) electrons. The van der Waals surface area contributed by atoms with E-state index in [-0.39, 0.29) is 0 Å². The number of likely N-dealkylation sites (N-methyl/N-ethyl adjacent to an activating group) is 1. The summed E-state index contributed by atoms with van der Waals surface area (Å²) in [6.07, 6.45) is 1.86. The highest BCUT2D eigenvalue weighted by Crippen LogP contribution is 2.18. The lowest BCUT2D eigenvalue weighted by atomic mass is 10.2. The molecule has 0 aliphatic heterocycles. The first kappa shape index (κ1) is 14.7. The topological polar surface area (TPSA) is 28.2 Å². The molecule has 0 spiro atoms. The number of nitrogens with zero attached hydrogens (tertiary/aromatic N) is 2. The van der Waals surface area contributed by atoms with Crippen molar-refractivity contribution < 1.29 is 0 Å². The van der Waals surface area contributed by atoms with Gasteiger partial charge in [0.1, 0.15) is 5.82 Å². The van der Waals surface area contributed by atoms with Crippen LogP contribution < -0.4 is 10.2 Å². The van der Waals surface area contributed by atoms with Crippen LogP contribution in [0.3, 0.4) is 0 Å². The average molecular weight is 247 g/mol. The third-order valence-electron chi connectivity index (χ3n) is 2.71. The third kappa shape index (κ3) is 4.49. The van der Waals surface area contributed by atoms with Crippen LogP contribution in [0.2, 0.25) is 0 Å². The predicted octanol–water partition coefficient (Wildman–Crippen LogP) is 2.98. The van der Waals surface area contributed by atoms with E-state index < -0.39 is 0 Å².